The van der Waals surface area contributed by atoms with Gasteiger partial charge in [-0.25, -0.2) is 8.78 Å². The zero-order valence-electron chi connectivity index (χ0n) is 16.8. The minimum Gasteiger partial charge on any atom is -0.489 e. The molecule has 0 radical (unpaired) electrons. The smallest absolute Gasteiger partial charge is 0.255 e. The first-order chi connectivity index (χ1) is 15.1. The molecule has 5 nitrogen and oxygen atoms in total. The summed E-state index contributed by atoms with van der Waals surface area (Å²) in [7, 11) is 0. The number of halogens is 2. The van der Waals surface area contributed by atoms with Crippen LogP contribution in [0.15, 0.2) is 66.7 Å². The van der Waals surface area contributed by atoms with Gasteiger partial charge in [-0.15, -0.1) is 0 Å². The fourth-order valence-electron chi connectivity index (χ4n) is 3.32. The zero-order valence-corrected chi connectivity index (χ0v) is 16.8. The van der Waals surface area contributed by atoms with E-state index in [-0.39, 0.29) is 18.3 Å². The second-order valence-corrected chi connectivity index (χ2v) is 7.16. The van der Waals surface area contributed by atoms with Crippen LogP contribution in [0.25, 0.3) is 0 Å². The van der Waals surface area contributed by atoms with E-state index in [0.717, 1.165) is 5.56 Å². The van der Waals surface area contributed by atoms with Crippen molar-refractivity contribution in [1.29, 1.82) is 0 Å². The summed E-state index contributed by atoms with van der Waals surface area (Å²) in [5.74, 6) is -0.565. The van der Waals surface area contributed by atoms with Crippen LogP contribution in [0, 0.1) is 11.6 Å². The number of carbonyl (C=O) groups excluding carboxylic acids is 1. The molecular weight excluding hydrogens is 402 g/mol. The largest absolute Gasteiger partial charge is 0.489 e. The predicted molar refractivity (Wildman–Crippen MR) is 115 cm³/mol. The van der Waals surface area contributed by atoms with Gasteiger partial charge in [-0.05, 0) is 54.1 Å². The summed E-state index contributed by atoms with van der Waals surface area (Å²) >= 11 is 0. The molecule has 0 atom stereocenters. The Bertz CT molecular complexity index is 1050. The Hall–Kier alpha value is -3.45. The van der Waals surface area contributed by atoms with Crippen LogP contribution in [0.2, 0.25) is 0 Å². The summed E-state index contributed by atoms with van der Waals surface area (Å²) in [4.78, 5) is 14.5. The number of anilines is 2. The highest BCUT2D eigenvalue weighted by Crippen LogP contribution is 2.24. The van der Waals surface area contributed by atoms with Crippen molar-refractivity contribution in [2.24, 2.45) is 0 Å². The summed E-state index contributed by atoms with van der Waals surface area (Å²) in [6.45, 7) is 2.65. The average Bonchev–Trinajstić information content (AvgIpc) is 2.79. The molecule has 4 rings (SSSR count). The lowest BCUT2D eigenvalue weighted by atomic mass is 10.2. The summed E-state index contributed by atoms with van der Waals surface area (Å²) in [6, 6.07) is 17.4. The minimum absolute atomic E-state index is 0.250. The molecule has 1 aliphatic rings. The van der Waals surface area contributed by atoms with Gasteiger partial charge in [0.25, 0.3) is 5.91 Å². The molecule has 3 aromatic carbocycles. The van der Waals surface area contributed by atoms with E-state index in [0.29, 0.717) is 49.0 Å². The molecule has 0 aliphatic carbocycles. The Morgan fingerprint density at radius 1 is 1.00 bits per heavy atom. The molecule has 1 N–H and O–H groups in total. The lowest BCUT2D eigenvalue weighted by Gasteiger charge is -2.29. The van der Waals surface area contributed by atoms with Crippen LogP contribution in [0.3, 0.4) is 0 Å². The third-order valence-electron chi connectivity index (χ3n) is 4.97. The third-order valence-corrected chi connectivity index (χ3v) is 4.97. The van der Waals surface area contributed by atoms with Crippen molar-refractivity contribution in [3.05, 3.63) is 89.5 Å². The summed E-state index contributed by atoms with van der Waals surface area (Å²) in [5.41, 5.74) is 2.07. The van der Waals surface area contributed by atoms with Crippen molar-refractivity contribution >= 4 is 17.3 Å². The fourth-order valence-corrected chi connectivity index (χ4v) is 3.32. The number of nitrogens with one attached hydrogen (secondary N) is 1. The second-order valence-electron chi connectivity index (χ2n) is 7.16. The predicted octanol–water partition coefficient (Wildman–Crippen LogP) is 4.63. The molecule has 0 bridgehead atoms. The quantitative estimate of drug-likeness (QED) is 0.627. The molecule has 0 saturated carbocycles. The monoisotopic (exact) mass is 424 g/mol. The van der Waals surface area contributed by atoms with E-state index in [9.17, 15) is 13.6 Å². The van der Waals surface area contributed by atoms with Crippen LogP contribution >= 0.6 is 0 Å². The number of hydrogen-bond acceptors (Lipinski definition) is 4. The van der Waals surface area contributed by atoms with E-state index >= 15 is 0 Å². The number of carbonyl (C=O) groups is 1. The molecular formula is C24H22F2N2O3. The van der Waals surface area contributed by atoms with Crippen molar-refractivity contribution in [2.75, 3.05) is 36.5 Å². The number of ether oxygens (including phenoxy) is 2. The molecule has 1 amide bonds. The van der Waals surface area contributed by atoms with E-state index in [1.54, 1.807) is 48.5 Å². The summed E-state index contributed by atoms with van der Waals surface area (Å²) in [5, 5.41) is 2.72. The molecule has 160 valence electrons. The van der Waals surface area contributed by atoms with Crippen LogP contribution in [0.4, 0.5) is 20.2 Å². The van der Waals surface area contributed by atoms with Gasteiger partial charge in [0.05, 0.1) is 18.9 Å². The van der Waals surface area contributed by atoms with Gasteiger partial charge >= 0.3 is 0 Å². The molecule has 0 aromatic heterocycles. The number of amides is 1. The maximum absolute atomic E-state index is 14.6. The summed E-state index contributed by atoms with van der Waals surface area (Å²) in [6.07, 6.45) is 0. The van der Waals surface area contributed by atoms with E-state index in [1.807, 2.05) is 4.90 Å². The molecule has 1 aliphatic heterocycles. The first-order valence-electron chi connectivity index (χ1n) is 9.99. The van der Waals surface area contributed by atoms with E-state index in [1.165, 1.54) is 18.2 Å². The summed E-state index contributed by atoms with van der Waals surface area (Å²) < 4.78 is 38.6. The van der Waals surface area contributed by atoms with Gasteiger partial charge < -0.3 is 19.7 Å². The topological polar surface area (TPSA) is 50.8 Å². The molecule has 0 unspecified atom stereocenters. The zero-order chi connectivity index (χ0) is 21.6. The molecule has 1 fully saturated rings. The van der Waals surface area contributed by atoms with Gasteiger partial charge in [0.15, 0.2) is 0 Å². The molecule has 1 heterocycles. The van der Waals surface area contributed by atoms with E-state index in [4.69, 9.17) is 9.47 Å². The van der Waals surface area contributed by atoms with Gasteiger partial charge in [-0.3, -0.25) is 4.79 Å². The molecule has 1 saturated heterocycles. The Kier molecular flexibility index (Phi) is 6.43. The van der Waals surface area contributed by atoms with Gasteiger partial charge in [0.2, 0.25) is 0 Å². The normalized spacial score (nSPS) is 13.7. The number of nitrogens with zero attached hydrogens (tertiary/aromatic N) is 1. The Balaban J connectivity index is 1.39. The van der Waals surface area contributed by atoms with Crippen molar-refractivity contribution in [3.8, 4) is 5.75 Å². The average molecular weight is 424 g/mol. The van der Waals surface area contributed by atoms with Crippen LogP contribution in [0.5, 0.6) is 5.75 Å². The Morgan fingerprint density at radius 3 is 2.52 bits per heavy atom. The Morgan fingerprint density at radius 2 is 1.77 bits per heavy atom. The van der Waals surface area contributed by atoms with Gasteiger partial charge in [0, 0.05) is 24.3 Å². The number of benzene rings is 3. The first kappa shape index (κ1) is 20.8. The lowest BCUT2D eigenvalue weighted by Crippen LogP contribution is -2.36. The van der Waals surface area contributed by atoms with E-state index in [2.05, 4.69) is 5.32 Å². The van der Waals surface area contributed by atoms with Gasteiger partial charge in [-0.2, -0.15) is 0 Å². The van der Waals surface area contributed by atoms with Crippen molar-refractivity contribution in [1.82, 2.24) is 0 Å². The first-order valence-corrected chi connectivity index (χ1v) is 9.99. The van der Waals surface area contributed by atoms with Crippen LogP contribution < -0.4 is 15.0 Å². The number of hydrogen-bond donors (Lipinski definition) is 1. The van der Waals surface area contributed by atoms with E-state index < -0.39 is 5.82 Å². The number of morpholine rings is 1. The van der Waals surface area contributed by atoms with Gasteiger partial charge in [0.1, 0.15) is 24.0 Å². The van der Waals surface area contributed by atoms with Crippen molar-refractivity contribution < 1.29 is 23.0 Å². The van der Waals surface area contributed by atoms with Gasteiger partial charge in [-0.1, -0.05) is 18.2 Å². The highest BCUT2D eigenvalue weighted by Gasteiger charge is 2.16. The SMILES string of the molecule is O=C(Nc1ccc(N2CCOCC2)c(F)c1)c1cccc(OCc2ccc(F)cc2)c1. The lowest BCUT2D eigenvalue weighted by molar-refractivity contribution is 0.102. The second kappa shape index (κ2) is 9.57. The molecule has 0 spiro atoms. The molecule has 31 heavy (non-hydrogen) atoms. The van der Waals surface area contributed by atoms with Crippen LogP contribution in [-0.4, -0.2) is 32.2 Å². The number of rotatable bonds is 6. The highest BCUT2D eigenvalue weighted by molar-refractivity contribution is 6.04. The van der Waals surface area contributed by atoms with Crippen molar-refractivity contribution in [2.45, 2.75) is 6.61 Å². The van der Waals surface area contributed by atoms with Crippen molar-refractivity contribution in [3.63, 3.8) is 0 Å². The van der Waals surface area contributed by atoms with Crippen LogP contribution in [-0.2, 0) is 11.3 Å². The maximum Gasteiger partial charge on any atom is 0.255 e. The standard InChI is InChI=1S/C24H22F2N2O3/c25-19-6-4-17(5-7-19)16-31-21-3-1-2-18(14-21)24(29)27-20-8-9-23(22(26)15-20)28-10-12-30-13-11-28/h1-9,14-15H,10-13,16H2,(H,27,29). The fraction of sp³-hybridized carbons (Fsp3) is 0.208. The Labute approximate surface area is 179 Å². The maximum atomic E-state index is 14.6. The molecule has 3 aromatic rings. The molecule has 7 heteroatoms. The van der Waals surface area contributed by atoms with Crippen LogP contribution in [0.1, 0.15) is 15.9 Å². The highest BCUT2D eigenvalue weighted by atomic mass is 19.1. The minimum atomic E-state index is -0.393. The third kappa shape index (κ3) is 5.38.